The predicted molar refractivity (Wildman–Crippen MR) is 120 cm³/mol. The number of ether oxygens (including phenoxy) is 1. The van der Waals surface area contributed by atoms with Crippen molar-refractivity contribution >= 4 is 5.91 Å². The van der Waals surface area contributed by atoms with Crippen molar-refractivity contribution in [3.8, 4) is 11.6 Å². The molecule has 2 aromatic heterocycles. The van der Waals surface area contributed by atoms with E-state index in [2.05, 4.69) is 15.4 Å². The lowest BCUT2D eigenvalue weighted by atomic mass is 9.98. The van der Waals surface area contributed by atoms with E-state index in [1.165, 1.54) is 16.9 Å². The van der Waals surface area contributed by atoms with Crippen LogP contribution < -0.4 is 10.1 Å². The lowest BCUT2D eigenvalue weighted by Crippen LogP contribution is -2.29. The lowest BCUT2D eigenvalue weighted by molar-refractivity contribution is -0.137. The number of nitrogens with one attached hydrogen (secondary N) is 1. The summed E-state index contributed by atoms with van der Waals surface area (Å²) in [6.07, 6.45) is -2.37. The van der Waals surface area contributed by atoms with E-state index in [9.17, 15) is 18.0 Å². The van der Waals surface area contributed by atoms with E-state index < -0.39 is 17.8 Å². The molecule has 174 valence electrons. The molecule has 0 fully saturated rings. The van der Waals surface area contributed by atoms with Gasteiger partial charge in [0.1, 0.15) is 5.75 Å². The second-order valence-corrected chi connectivity index (χ2v) is 7.55. The van der Waals surface area contributed by atoms with E-state index in [4.69, 9.17) is 4.74 Å². The lowest BCUT2D eigenvalue weighted by Gasteiger charge is -2.20. The van der Waals surface area contributed by atoms with Gasteiger partial charge in [0.15, 0.2) is 5.82 Å². The molecular formula is C25H21F3N4O2. The average molecular weight is 466 g/mol. The van der Waals surface area contributed by atoms with Gasteiger partial charge < -0.3 is 10.1 Å². The number of benzene rings is 2. The van der Waals surface area contributed by atoms with E-state index >= 15 is 0 Å². The molecular weight excluding hydrogens is 445 g/mol. The Morgan fingerprint density at radius 3 is 2.24 bits per heavy atom. The normalized spacial score (nSPS) is 12.3. The summed E-state index contributed by atoms with van der Waals surface area (Å²) in [5.41, 5.74) is 1.62. The van der Waals surface area contributed by atoms with Gasteiger partial charge in [0.05, 0.1) is 36.2 Å². The number of halogens is 3. The maximum absolute atomic E-state index is 13.2. The van der Waals surface area contributed by atoms with Crippen LogP contribution in [0.3, 0.4) is 0 Å². The number of hydrogen-bond acceptors (Lipinski definition) is 4. The molecule has 2 aromatic carbocycles. The average Bonchev–Trinajstić information content (AvgIpc) is 3.24. The molecule has 0 bridgehead atoms. The highest BCUT2D eigenvalue weighted by Gasteiger charge is 2.31. The number of rotatable bonds is 6. The Labute approximate surface area is 194 Å². The third kappa shape index (κ3) is 4.78. The number of alkyl halides is 3. The van der Waals surface area contributed by atoms with Gasteiger partial charge in [-0.25, -0.2) is 9.67 Å². The van der Waals surface area contributed by atoms with Gasteiger partial charge in [-0.3, -0.25) is 4.79 Å². The van der Waals surface area contributed by atoms with Crippen molar-refractivity contribution in [3.05, 3.63) is 107 Å². The highest BCUT2D eigenvalue weighted by atomic mass is 19.4. The summed E-state index contributed by atoms with van der Waals surface area (Å²) in [7, 11) is 1.58. The van der Waals surface area contributed by atoms with Gasteiger partial charge in [0.2, 0.25) is 0 Å². The summed E-state index contributed by atoms with van der Waals surface area (Å²) in [6.45, 7) is 1.66. The molecule has 1 N–H and O–H groups in total. The zero-order chi connectivity index (χ0) is 24.3. The smallest absolute Gasteiger partial charge is 0.417 e. The van der Waals surface area contributed by atoms with Crippen LogP contribution >= 0.6 is 0 Å². The molecule has 0 aliphatic carbocycles. The first kappa shape index (κ1) is 23.0. The van der Waals surface area contributed by atoms with Crippen molar-refractivity contribution in [3.63, 3.8) is 0 Å². The quantitative estimate of drug-likeness (QED) is 0.428. The monoisotopic (exact) mass is 466 g/mol. The molecule has 0 aliphatic heterocycles. The number of carbonyl (C=O) groups is 1. The van der Waals surface area contributed by atoms with E-state index in [0.717, 1.165) is 23.4 Å². The fourth-order valence-electron chi connectivity index (χ4n) is 3.55. The minimum Gasteiger partial charge on any atom is -0.497 e. The van der Waals surface area contributed by atoms with Gasteiger partial charge in [-0.15, -0.1) is 0 Å². The molecule has 34 heavy (non-hydrogen) atoms. The molecule has 1 unspecified atom stereocenters. The maximum Gasteiger partial charge on any atom is 0.417 e. The maximum atomic E-state index is 13.2. The SMILES string of the molecule is COc1ccc(C(NC(=O)c2cnn(-c3ccc(C(F)(F)F)cn3)c2C)c2ccccc2)cc1. The number of aromatic nitrogens is 3. The van der Waals surface area contributed by atoms with E-state index in [1.807, 2.05) is 54.6 Å². The van der Waals surface area contributed by atoms with E-state index in [-0.39, 0.29) is 17.3 Å². The molecule has 9 heteroatoms. The summed E-state index contributed by atoms with van der Waals surface area (Å²) in [5.74, 6) is 0.502. The van der Waals surface area contributed by atoms with Gasteiger partial charge in [-0.05, 0) is 42.3 Å². The number of amides is 1. The van der Waals surface area contributed by atoms with Gasteiger partial charge in [0.25, 0.3) is 5.91 Å². The van der Waals surface area contributed by atoms with Crippen LogP contribution in [-0.4, -0.2) is 27.8 Å². The zero-order valence-corrected chi connectivity index (χ0v) is 18.4. The number of pyridine rings is 1. The van der Waals surface area contributed by atoms with Crippen molar-refractivity contribution in [2.75, 3.05) is 7.11 Å². The Kier molecular flexibility index (Phi) is 6.36. The Hall–Kier alpha value is -4.14. The first-order chi connectivity index (χ1) is 16.3. The molecule has 0 radical (unpaired) electrons. The number of nitrogens with zero attached hydrogens (tertiary/aromatic N) is 3. The third-order valence-electron chi connectivity index (χ3n) is 5.40. The standard InChI is InChI=1S/C25H21F3N4O2/c1-16-21(15-30-32(16)22-13-10-19(14-29-22)25(26,27)28)24(33)31-23(17-6-4-3-5-7-17)18-8-11-20(34-2)12-9-18/h3-15,23H,1-2H3,(H,31,33). The number of carbonyl (C=O) groups excluding carboxylic acids is 1. The van der Waals surface area contributed by atoms with Crippen LogP contribution in [0.15, 0.2) is 79.1 Å². The highest BCUT2D eigenvalue weighted by Crippen LogP contribution is 2.29. The van der Waals surface area contributed by atoms with Crippen molar-refractivity contribution < 1.29 is 22.7 Å². The van der Waals surface area contributed by atoms with Crippen LogP contribution in [-0.2, 0) is 6.18 Å². The van der Waals surface area contributed by atoms with Crippen LogP contribution in [0.2, 0.25) is 0 Å². The van der Waals surface area contributed by atoms with Crippen LogP contribution in [0, 0.1) is 6.92 Å². The largest absolute Gasteiger partial charge is 0.497 e. The van der Waals surface area contributed by atoms with Gasteiger partial charge >= 0.3 is 6.18 Å². The molecule has 0 saturated carbocycles. The van der Waals surface area contributed by atoms with Crippen LogP contribution in [0.4, 0.5) is 13.2 Å². The Morgan fingerprint density at radius 1 is 0.971 bits per heavy atom. The molecule has 0 aliphatic rings. The van der Waals surface area contributed by atoms with Crippen LogP contribution in [0.25, 0.3) is 5.82 Å². The minimum atomic E-state index is -4.48. The molecule has 0 saturated heterocycles. The molecule has 1 amide bonds. The number of methoxy groups -OCH3 is 1. The molecule has 1 atom stereocenters. The second-order valence-electron chi connectivity index (χ2n) is 7.55. The molecule has 6 nitrogen and oxygen atoms in total. The van der Waals surface area contributed by atoms with E-state index in [0.29, 0.717) is 11.4 Å². The fourth-order valence-corrected chi connectivity index (χ4v) is 3.55. The second kappa shape index (κ2) is 9.38. The first-order valence-electron chi connectivity index (χ1n) is 10.4. The zero-order valence-electron chi connectivity index (χ0n) is 18.4. The van der Waals surface area contributed by atoms with E-state index in [1.54, 1.807) is 14.0 Å². The summed E-state index contributed by atoms with van der Waals surface area (Å²) >= 11 is 0. The fraction of sp³-hybridized carbons (Fsp3) is 0.160. The molecule has 2 heterocycles. The minimum absolute atomic E-state index is 0.180. The summed E-state index contributed by atoms with van der Waals surface area (Å²) in [4.78, 5) is 17.1. The van der Waals surface area contributed by atoms with Crippen molar-refractivity contribution in [1.82, 2.24) is 20.1 Å². The predicted octanol–water partition coefficient (Wildman–Crippen LogP) is 5.12. The van der Waals surface area contributed by atoms with Crippen molar-refractivity contribution in [2.24, 2.45) is 0 Å². The Bertz CT molecular complexity index is 1270. The third-order valence-corrected chi connectivity index (χ3v) is 5.40. The van der Waals surface area contributed by atoms with Gasteiger partial charge in [0, 0.05) is 6.20 Å². The van der Waals surface area contributed by atoms with Gasteiger partial charge in [-0.2, -0.15) is 18.3 Å². The Morgan fingerprint density at radius 2 is 1.65 bits per heavy atom. The highest BCUT2D eigenvalue weighted by molar-refractivity contribution is 5.95. The molecule has 0 spiro atoms. The summed E-state index contributed by atoms with van der Waals surface area (Å²) in [5, 5.41) is 7.21. The topological polar surface area (TPSA) is 69.0 Å². The molecule has 4 rings (SSSR count). The Balaban J connectivity index is 1.62. The number of hydrogen-bond donors (Lipinski definition) is 1. The van der Waals surface area contributed by atoms with Crippen LogP contribution in [0.1, 0.15) is 38.8 Å². The van der Waals surface area contributed by atoms with Crippen LogP contribution in [0.5, 0.6) is 5.75 Å². The summed E-state index contributed by atoms with van der Waals surface area (Å²) < 4.78 is 45.1. The van der Waals surface area contributed by atoms with Crippen molar-refractivity contribution in [1.29, 1.82) is 0 Å². The first-order valence-corrected chi connectivity index (χ1v) is 10.4. The van der Waals surface area contributed by atoms with Crippen molar-refractivity contribution in [2.45, 2.75) is 19.1 Å². The molecule has 4 aromatic rings. The van der Waals surface area contributed by atoms with Gasteiger partial charge in [-0.1, -0.05) is 42.5 Å². The summed E-state index contributed by atoms with van der Waals surface area (Å²) in [6, 6.07) is 18.6.